The lowest BCUT2D eigenvalue weighted by atomic mass is 10.4. The van der Waals surface area contributed by atoms with E-state index in [-0.39, 0.29) is 4.47 Å². The van der Waals surface area contributed by atoms with Crippen molar-refractivity contribution in [2.45, 2.75) is 19.1 Å². The molecule has 1 heterocycles. The Morgan fingerprint density at radius 1 is 1.53 bits per heavy atom. The molecule has 0 aliphatic rings. The van der Waals surface area contributed by atoms with E-state index >= 15 is 0 Å². The third-order valence-electron chi connectivity index (χ3n) is 2.15. The fourth-order valence-corrected chi connectivity index (χ4v) is 2.19. The number of alkyl halides is 3. The second kappa shape index (κ2) is 7.18. The van der Waals surface area contributed by atoms with Crippen molar-refractivity contribution >= 4 is 33.4 Å². The molecule has 1 aromatic rings. The van der Waals surface area contributed by atoms with Gasteiger partial charge in [0.15, 0.2) is 0 Å². The zero-order valence-electron chi connectivity index (χ0n) is 10.1. The first-order chi connectivity index (χ1) is 8.85. The highest BCUT2D eigenvalue weighted by atomic mass is 79.9. The molecule has 4 nitrogen and oxygen atoms in total. The third-order valence-corrected chi connectivity index (χ3v) is 3.62. The normalized spacial score (nSPS) is 11.6. The summed E-state index contributed by atoms with van der Waals surface area (Å²) in [5, 5.41) is 6.47. The summed E-state index contributed by atoms with van der Waals surface area (Å²) in [6.07, 6.45) is -0.380. The van der Waals surface area contributed by atoms with E-state index in [1.165, 1.54) is 6.20 Å². The van der Waals surface area contributed by atoms with E-state index < -0.39 is 18.3 Å². The third kappa shape index (κ3) is 5.43. The Bertz CT molecular complexity index is 478. The molecule has 0 saturated heterocycles. The topological polar surface area (TPSA) is 46.9 Å². The molecule has 0 spiro atoms. The van der Waals surface area contributed by atoms with Crippen molar-refractivity contribution in [1.82, 2.24) is 9.78 Å². The Balaban J connectivity index is 2.77. The number of hydrogen-bond acceptors (Lipinski definition) is 4. The molecule has 0 saturated carbocycles. The molecule has 0 atom stereocenters. The number of halogens is 4. The summed E-state index contributed by atoms with van der Waals surface area (Å²) in [6.45, 7) is -0.763. The molecule has 108 valence electrons. The van der Waals surface area contributed by atoms with Crippen molar-refractivity contribution in [3.63, 3.8) is 0 Å². The molecule has 1 aromatic heterocycles. The summed E-state index contributed by atoms with van der Waals surface area (Å²) < 4.78 is 37.1. The number of rotatable bonds is 6. The molecule has 9 heteroatoms. The van der Waals surface area contributed by atoms with E-state index in [4.69, 9.17) is 0 Å². The Labute approximate surface area is 120 Å². The Hall–Kier alpha value is -0.700. The lowest BCUT2D eigenvalue weighted by Gasteiger charge is -2.11. The molecule has 0 amide bonds. The van der Waals surface area contributed by atoms with E-state index in [9.17, 15) is 18.0 Å². The van der Waals surface area contributed by atoms with Crippen LogP contribution >= 0.6 is 27.7 Å². The fraction of sp³-hybridized carbons (Fsp3) is 0.600. The molecule has 0 aliphatic heterocycles. The Morgan fingerprint density at radius 3 is 2.79 bits per heavy atom. The number of nitrogens with zero attached hydrogens (tertiary/aromatic N) is 2. The Morgan fingerprint density at radius 2 is 2.21 bits per heavy atom. The molecule has 1 rings (SSSR count). The van der Waals surface area contributed by atoms with E-state index in [2.05, 4.69) is 26.3 Å². The minimum atomic E-state index is -4.47. The van der Waals surface area contributed by atoms with Crippen LogP contribution in [0.3, 0.4) is 0 Å². The van der Waals surface area contributed by atoms with Crippen LogP contribution in [0.4, 0.5) is 18.9 Å². The largest absolute Gasteiger partial charge is 0.408 e. The fourth-order valence-electron chi connectivity index (χ4n) is 1.31. The summed E-state index contributed by atoms with van der Waals surface area (Å²) in [7, 11) is 0. The van der Waals surface area contributed by atoms with Gasteiger partial charge in [-0.2, -0.15) is 30.0 Å². The van der Waals surface area contributed by atoms with E-state index in [0.29, 0.717) is 16.9 Å². The van der Waals surface area contributed by atoms with Crippen LogP contribution in [-0.2, 0) is 6.54 Å². The van der Waals surface area contributed by atoms with Gasteiger partial charge in [-0.05, 0) is 34.4 Å². The molecule has 1 N–H and O–H groups in total. The summed E-state index contributed by atoms with van der Waals surface area (Å²) >= 11 is 4.69. The van der Waals surface area contributed by atoms with Crippen molar-refractivity contribution in [1.29, 1.82) is 0 Å². The van der Waals surface area contributed by atoms with Gasteiger partial charge in [0, 0.05) is 6.54 Å². The highest BCUT2D eigenvalue weighted by Gasteiger charge is 2.29. The summed E-state index contributed by atoms with van der Waals surface area (Å²) in [5.41, 5.74) is -0.392. The quantitative estimate of drug-likeness (QED) is 0.793. The van der Waals surface area contributed by atoms with Gasteiger partial charge in [0.25, 0.3) is 5.56 Å². The van der Waals surface area contributed by atoms with Gasteiger partial charge in [0.2, 0.25) is 0 Å². The molecule has 0 fully saturated rings. The van der Waals surface area contributed by atoms with Gasteiger partial charge < -0.3 is 5.32 Å². The first kappa shape index (κ1) is 16.4. The first-order valence-corrected chi connectivity index (χ1v) is 7.59. The van der Waals surface area contributed by atoms with Crippen LogP contribution in [0.2, 0.25) is 0 Å². The predicted molar refractivity (Wildman–Crippen MR) is 73.7 cm³/mol. The molecule has 0 bridgehead atoms. The number of hydrogen-bond donors (Lipinski definition) is 1. The van der Waals surface area contributed by atoms with E-state index in [0.717, 1.165) is 12.2 Å². The van der Waals surface area contributed by atoms with Crippen LogP contribution in [0, 0.1) is 0 Å². The van der Waals surface area contributed by atoms with Gasteiger partial charge in [-0.15, -0.1) is 0 Å². The van der Waals surface area contributed by atoms with Crippen molar-refractivity contribution in [2.24, 2.45) is 0 Å². The maximum Gasteiger partial charge on any atom is 0.408 e. The average molecular weight is 360 g/mol. The van der Waals surface area contributed by atoms with Gasteiger partial charge in [0.05, 0.1) is 11.9 Å². The second-order valence-corrected chi connectivity index (χ2v) is 5.50. The van der Waals surface area contributed by atoms with E-state index in [1.807, 2.05) is 6.26 Å². The maximum atomic E-state index is 12.2. The SMILES string of the molecule is CSCCCNc1cnn(CC(F)(F)F)c(=O)c1Br. The second-order valence-electron chi connectivity index (χ2n) is 3.72. The van der Waals surface area contributed by atoms with Gasteiger partial charge in [-0.3, -0.25) is 4.79 Å². The average Bonchev–Trinajstić information content (AvgIpc) is 2.31. The van der Waals surface area contributed by atoms with Crippen LogP contribution in [0.15, 0.2) is 15.5 Å². The summed E-state index contributed by atoms with van der Waals surface area (Å²) in [5.74, 6) is 0.961. The molecular weight excluding hydrogens is 347 g/mol. The molecular formula is C10H13BrF3N3OS. The van der Waals surface area contributed by atoms with Crippen molar-refractivity contribution in [2.75, 3.05) is 23.9 Å². The van der Waals surface area contributed by atoms with Crippen LogP contribution in [0.25, 0.3) is 0 Å². The van der Waals surface area contributed by atoms with Crippen molar-refractivity contribution in [3.05, 3.63) is 21.0 Å². The van der Waals surface area contributed by atoms with Gasteiger partial charge in [0.1, 0.15) is 11.0 Å². The lowest BCUT2D eigenvalue weighted by molar-refractivity contribution is -0.143. The molecule has 0 unspecified atom stereocenters. The number of aromatic nitrogens is 2. The minimum absolute atomic E-state index is 0.0656. The zero-order chi connectivity index (χ0) is 14.5. The van der Waals surface area contributed by atoms with Crippen molar-refractivity contribution < 1.29 is 13.2 Å². The van der Waals surface area contributed by atoms with Crippen LogP contribution in [0.5, 0.6) is 0 Å². The van der Waals surface area contributed by atoms with Crippen LogP contribution in [0.1, 0.15) is 6.42 Å². The highest BCUT2D eigenvalue weighted by Crippen LogP contribution is 2.19. The van der Waals surface area contributed by atoms with Gasteiger partial charge in [-0.1, -0.05) is 0 Å². The monoisotopic (exact) mass is 359 g/mol. The van der Waals surface area contributed by atoms with Gasteiger partial charge in [-0.25, -0.2) is 4.68 Å². The maximum absolute atomic E-state index is 12.2. The number of anilines is 1. The Kier molecular flexibility index (Phi) is 6.18. The zero-order valence-corrected chi connectivity index (χ0v) is 12.5. The summed E-state index contributed by atoms with van der Waals surface area (Å²) in [6, 6.07) is 0. The highest BCUT2D eigenvalue weighted by molar-refractivity contribution is 9.10. The first-order valence-electron chi connectivity index (χ1n) is 5.40. The summed E-state index contributed by atoms with van der Waals surface area (Å²) in [4.78, 5) is 11.7. The predicted octanol–water partition coefficient (Wildman–Crippen LogP) is 2.73. The van der Waals surface area contributed by atoms with Crippen LogP contribution in [-0.4, -0.2) is 34.5 Å². The van der Waals surface area contributed by atoms with Crippen molar-refractivity contribution in [3.8, 4) is 0 Å². The molecule has 0 aromatic carbocycles. The number of thioether (sulfide) groups is 1. The minimum Gasteiger partial charge on any atom is -0.383 e. The molecule has 0 aliphatic carbocycles. The van der Waals surface area contributed by atoms with E-state index in [1.54, 1.807) is 11.8 Å². The number of nitrogens with one attached hydrogen (secondary N) is 1. The lowest BCUT2D eigenvalue weighted by Crippen LogP contribution is -2.31. The standard InChI is InChI=1S/C10H13BrF3N3OS/c1-19-4-2-3-15-7-5-16-17(6-10(12,13)14)9(18)8(7)11/h5,15H,2-4,6H2,1H3. The van der Waals surface area contributed by atoms with Gasteiger partial charge >= 0.3 is 6.18 Å². The molecule has 0 radical (unpaired) electrons. The van der Waals surface area contributed by atoms with Crippen LogP contribution < -0.4 is 10.9 Å². The molecule has 19 heavy (non-hydrogen) atoms. The smallest absolute Gasteiger partial charge is 0.383 e.